The van der Waals surface area contributed by atoms with Gasteiger partial charge in [0.05, 0.1) is 20.3 Å². The molecule has 16 heavy (non-hydrogen) atoms. The minimum absolute atomic E-state index is 0.157. The van der Waals surface area contributed by atoms with Gasteiger partial charge in [-0.3, -0.25) is 0 Å². The summed E-state index contributed by atoms with van der Waals surface area (Å²) < 4.78 is 10.5. The van der Waals surface area contributed by atoms with Crippen LogP contribution in [0.5, 0.6) is 11.5 Å². The van der Waals surface area contributed by atoms with E-state index in [4.69, 9.17) is 15.9 Å². The first kappa shape index (κ1) is 12.4. The number of hydrogen-bond acceptors (Lipinski definition) is 3. The van der Waals surface area contributed by atoms with E-state index >= 15 is 0 Å². The summed E-state index contributed by atoms with van der Waals surface area (Å²) in [6.45, 7) is 2.81. The lowest BCUT2D eigenvalue weighted by Gasteiger charge is -2.16. The van der Waals surface area contributed by atoms with Gasteiger partial charge >= 0.3 is 0 Å². The summed E-state index contributed by atoms with van der Waals surface area (Å²) >= 11 is 0. The van der Waals surface area contributed by atoms with Crippen LogP contribution in [0, 0.1) is 12.3 Å². The van der Waals surface area contributed by atoms with Crippen molar-refractivity contribution < 1.29 is 9.47 Å². The van der Waals surface area contributed by atoms with Gasteiger partial charge in [-0.25, -0.2) is 0 Å². The van der Waals surface area contributed by atoms with Gasteiger partial charge in [0.1, 0.15) is 11.5 Å². The highest BCUT2D eigenvalue weighted by atomic mass is 16.5. The lowest BCUT2D eigenvalue weighted by molar-refractivity contribution is 0.395. The predicted molar refractivity (Wildman–Crippen MR) is 64.8 cm³/mol. The molecular weight excluding hydrogens is 202 g/mol. The summed E-state index contributed by atoms with van der Waals surface area (Å²) in [6, 6.07) is 5.44. The first-order valence-electron chi connectivity index (χ1n) is 5.18. The molecule has 0 aliphatic rings. The maximum Gasteiger partial charge on any atom is 0.124 e. The van der Waals surface area contributed by atoms with Crippen molar-refractivity contribution in [2.45, 2.75) is 13.0 Å². The Morgan fingerprint density at radius 3 is 2.62 bits per heavy atom. The van der Waals surface area contributed by atoms with Crippen molar-refractivity contribution in [1.82, 2.24) is 5.32 Å². The summed E-state index contributed by atoms with van der Waals surface area (Å²) in [4.78, 5) is 0. The summed E-state index contributed by atoms with van der Waals surface area (Å²) in [5.41, 5.74) is 0.922. The summed E-state index contributed by atoms with van der Waals surface area (Å²) in [7, 11) is 3.26. The lowest BCUT2D eigenvalue weighted by atomic mass is 10.1. The molecule has 1 rings (SSSR count). The van der Waals surface area contributed by atoms with E-state index in [-0.39, 0.29) is 6.04 Å². The Balaban J connectivity index is 3.11. The fourth-order valence-corrected chi connectivity index (χ4v) is 1.53. The van der Waals surface area contributed by atoms with E-state index in [0.29, 0.717) is 0 Å². The summed E-state index contributed by atoms with van der Waals surface area (Å²) in [5, 5.41) is 3.20. The van der Waals surface area contributed by atoms with E-state index in [2.05, 4.69) is 11.2 Å². The molecule has 0 aliphatic heterocycles. The Kier molecular flexibility index (Phi) is 4.68. The second kappa shape index (κ2) is 6.04. The maximum atomic E-state index is 5.50. The van der Waals surface area contributed by atoms with Crippen LogP contribution in [0.1, 0.15) is 18.5 Å². The molecule has 1 aromatic rings. The number of rotatable bonds is 5. The van der Waals surface area contributed by atoms with Crippen LogP contribution in [0.4, 0.5) is 0 Å². The van der Waals surface area contributed by atoms with Gasteiger partial charge in [-0.05, 0) is 24.7 Å². The van der Waals surface area contributed by atoms with Crippen molar-refractivity contribution in [3.63, 3.8) is 0 Å². The molecule has 0 saturated carbocycles. The Morgan fingerprint density at radius 1 is 1.38 bits per heavy atom. The predicted octanol–water partition coefficient (Wildman–Crippen LogP) is 1.99. The first-order chi connectivity index (χ1) is 7.76. The second-order valence-electron chi connectivity index (χ2n) is 3.27. The Morgan fingerprint density at radius 2 is 2.12 bits per heavy atom. The summed E-state index contributed by atoms with van der Waals surface area (Å²) in [5.74, 6) is 4.24. The van der Waals surface area contributed by atoms with Gasteiger partial charge in [0.2, 0.25) is 0 Å². The molecule has 0 fully saturated rings. The third-order valence-corrected chi connectivity index (χ3v) is 2.32. The second-order valence-corrected chi connectivity index (χ2v) is 3.27. The van der Waals surface area contributed by atoms with Crippen molar-refractivity contribution in [2.75, 3.05) is 20.8 Å². The zero-order valence-corrected chi connectivity index (χ0v) is 9.91. The van der Waals surface area contributed by atoms with E-state index in [1.165, 1.54) is 0 Å². The molecular formula is C13H17NO2. The molecule has 1 aromatic carbocycles. The van der Waals surface area contributed by atoms with E-state index in [0.717, 1.165) is 23.6 Å². The van der Waals surface area contributed by atoms with Gasteiger partial charge < -0.3 is 14.8 Å². The average molecular weight is 219 g/mol. The first-order valence-corrected chi connectivity index (χ1v) is 5.18. The van der Waals surface area contributed by atoms with Crippen molar-refractivity contribution in [1.29, 1.82) is 0 Å². The van der Waals surface area contributed by atoms with E-state index < -0.39 is 0 Å². The standard InChI is InChI=1S/C13H17NO2/c1-5-12(14-6-2)11-9-10(15-3)7-8-13(11)16-4/h1,7-9,12,14H,6H2,2-4H3. The molecule has 0 bridgehead atoms. The van der Waals surface area contributed by atoms with Crippen LogP contribution >= 0.6 is 0 Å². The number of terminal acetylenes is 1. The van der Waals surface area contributed by atoms with Crippen LogP contribution in [0.15, 0.2) is 18.2 Å². The van der Waals surface area contributed by atoms with Gasteiger partial charge in [-0.1, -0.05) is 12.8 Å². The summed E-state index contributed by atoms with van der Waals surface area (Å²) in [6.07, 6.45) is 5.50. The highest BCUT2D eigenvalue weighted by Gasteiger charge is 2.13. The quantitative estimate of drug-likeness (QED) is 0.768. The Hall–Kier alpha value is -1.66. The Bertz CT molecular complexity index is 382. The smallest absolute Gasteiger partial charge is 0.124 e. The van der Waals surface area contributed by atoms with E-state index in [9.17, 15) is 0 Å². The molecule has 3 heteroatoms. The molecule has 0 radical (unpaired) electrons. The third-order valence-electron chi connectivity index (χ3n) is 2.32. The zero-order valence-electron chi connectivity index (χ0n) is 9.91. The Labute approximate surface area is 96.8 Å². The molecule has 1 atom stereocenters. The maximum absolute atomic E-state index is 5.50. The van der Waals surface area contributed by atoms with Gasteiger partial charge in [0, 0.05) is 5.56 Å². The lowest BCUT2D eigenvalue weighted by Crippen LogP contribution is -2.19. The van der Waals surface area contributed by atoms with Crippen LogP contribution in [-0.4, -0.2) is 20.8 Å². The van der Waals surface area contributed by atoms with Gasteiger partial charge in [-0.15, -0.1) is 6.42 Å². The number of benzene rings is 1. The van der Waals surface area contributed by atoms with Crippen LogP contribution in [-0.2, 0) is 0 Å². The molecule has 86 valence electrons. The van der Waals surface area contributed by atoms with Crippen molar-refractivity contribution in [3.8, 4) is 23.8 Å². The molecule has 0 amide bonds. The fourth-order valence-electron chi connectivity index (χ4n) is 1.53. The van der Waals surface area contributed by atoms with Crippen LogP contribution < -0.4 is 14.8 Å². The van der Waals surface area contributed by atoms with Crippen LogP contribution in [0.2, 0.25) is 0 Å². The molecule has 0 aliphatic carbocycles. The SMILES string of the molecule is C#CC(NCC)c1cc(OC)ccc1OC. The zero-order chi connectivity index (χ0) is 12.0. The molecule has 3 nitrogen and oxygen atoms in total. The topological polar surface area (TPSA) is 30.5 Å². The largest absolute Gasteiger partial charge is 0.497 e. The van der Waals surface area contributed by atoms with E-state index in [1.807, 2.05) is 25.1 Å². The van der Waals surface area contributed by atoms with Gasteiger partial charge in [-0.2, -0.15) is 0 Å². The monoisotopic (exact) mass is 219 g/mol. The number of hydrogen-bond donors (Lipinski definition) is 1. The van der Waals surface area contributed by atoms with E-state index in [1.54, 1.807) is 14.2 Å². The number of methoxy groups -OCH3 is 2. The number of nitrogens with one attached hydrogen (secondary N) is 1. The fraction of sp³-hybridized carbons (Fsp3) is 0.385. The average Bonchev–Trinajstić information content (AvgIpc) is 2.35. The van der Waals surface area contributed by atoms with Crippen molar-refractivity contribution in [3.05, 3.63) is 23.8 Å². The third kappa shape index (κ3) is 2.68. The van der Waals surface area contributed by atoms with Gasteiger partial charge in [0.25, 0.3) is 0 Å². The highest BCUT2D eigenvalue weighted by Crippen LogP contribution is 2.28. The van der Waals surface area contributed by atoms with Gasteiger partial charge in [0.15, 0.2) is 0 Å². The van der Waals surface area contributed by atoms with Crippen molar-refractivity contribution >= 4 is 0 Å². The van der Waals surface area contributed by atoms with Crippen molar-refractivity contribution in [2.24, 2.45) is 0 Å². The minimum atomic E-state index is -0.157. The van der Waals surface area contributed by atoms with Crippen LogP contribution in [0.3, 0.4) is 0 Å². The normalized spacial score (nSPS) is 11.6. The molecule has 1 unspecified atom stereocenters. The number of ether oxygens (including phenoxy) is 2. The minimum Gasteiger partial charge on any atom is -0.497 e. The molecule has 0 saturated heterocycles. The molecule has 0 spiro atoms. The molecule has 1 N–H and O–H groups in total. The molecule has 0 aromatic heterocycles. The van der Waals surface area contributed by atoms with Crippen LogP contribution in [0.25, 0.3) is 0 Å². The highest BCUT2D eigenvalue weighted by molar-refractivity contribution is 5.44. The molecule has 0 heterocycles.